The Balaban J connectivity index is 2.89. The van der Waals surface area contributed by atoms with Crippen LogP contribution < -0.4 is 0 Å². The van der Waals surface area contributed by atoms with Crippen LogP contribution in [-0.2, 0) is 20.5 Å². The van der Waals surface area contributed by atoms with Gasteiger partial charge in [0.15, 0.2) is 0 Å². The zero-order chi connectivity index (χ0) is 24.5. The lowest BCUT2D eigenvalue weighted by Crippen LogP contribution is -2.37. The number of carbonyl (C=O) groups excluding carboxylic acids is 2. The number of hydrogen-bond acceptors (Lipinski definition) is 4. The molecule has 7 heteroatoms. The van der Waals surface area contributed by atoms with Crippen LogP contribution in [0.15, 0.2) is 40.8 Å². The first kappa shape index (κ1) is 28.0. The fraction of sp³-hybridized carbons (Fsp3) is 0.600. The highest BCUT2D eigenvalue weighted by atomic mass is 32.2. The largest absolute Gasteiger partial charge is 0.443 e. The molecule has 0 bridgehead atoms. The highest BCUT2D eigenvalue weighted by Gasteiger charge is 2.23. The van der Waals surface area contributed by atoms with Gasteiger partial charge in [0.25, 0.3) is 0 Å². The third-order valence-corrected chi connectivity index (χ3v) is 6.51. The molecule has 32 heavy (non-hydrogen) atoms. The molecule has 0 radical (unpaired) electrons. The maximum Gasteiger partial charge on any atom is 0.417 e. The van der Waals surface area contributed by atoms with E-state index in [2.05, 4.69) is 20.8 Å². The second kappa shape index (κ2) is 12.9. The third kappa shape index (κ3) is 10.1. The van der Waals surface area contributed by atoms with Crippen LogP contribution in [0.1, 0.15) is 66.9 Å². The molecular formula is C25H40N2O4S. The lowest BCUT2D eigenvalue weighted by Gasteiger charge is -2.29. The van der Waals surface area contributed by atoms with Crippen LogP contribution in [0, 0.1) is 12.8 Å². The Hall–Kier alpha value is -1.99. The fourth-order valence-corrected chi connectivity index (χ4v) is 4.34. The van der Waals surface area contributed by atoms with Gasteiger partial charge in [0.2, 0.25) is 6.41 Å². The van der Waals surface area contributed by atoms with Crippen LogP contribution in [-0.4, -0.2) is 50.6 Å². The van der Waals surface area contributed by atoms with E-state index < -0.39 is 22.7 Å². The fourth-order valence-electron chi connectivity index (χ4n) is 3.03. The number of amides is 2. The number of ether oxygens (including phenoxy) is 1. The molecule has 0 spiro atoms. The molecule has 1 aromatic rings. The maximum absolute atomic E-state index is 13.3. The van der Waals surface area contributed by atoms with Gasteiger partial charge in [0, 0.05) is 12.6 Å². The van der Waals surface area contributed by atoms with E-state index in [4.69, 9.17) is 4.74 Å². The summed E-state index contributed by atoms with van der Waals surface area (Å²) in [5.74, 6) is 0.506. The first-order valence-electron chi connectivity index (χ1n) is 11.2. The minimum absolute atomic E-state index is 0.0262. The van der Waals surface area contributed by atoms with Gasteiger partial charge in [-0.15, -0.1) is 0 Å². The molecule has 0 aromatic heterocycles. The van der Waals surface area contributed by atoms with E-state index in [1.807, 2.05) is 48.5 Å². The van der Waals surface area contributed by atoms with Crippen molar-refractivity contribution in [1.82, 2.24) is 9.21 Å². The Morgan fingerprint density at radius 1 is 1.16 bits per heavy atom. The van der Waals surface area contributed by atoms with E-state index in [0.29, 0.717) is 18.7 Å². The number of nitrogens with zero attached hydrogens (tertiary/aromatic N) is 2. The molecule has 0 heterocycles. The summed E-state index contributed by atoms with van der Waals surface area (Å²) in [6.07, 6.45) is 3.30. The molecule has 2 atom stereocenters. The number of aryl methyl sites for hydroxylation is 1. The molecule has 0 saturated carbocycles. The van der Waals surface area contributed by atoms with Crippen molar-refractivity contribution in [3.8, 4) is 0 Å². The van der Waals surface area contributed by atoms with Crippen LogP contribution in [0.3, 0.4) is 0 Å². The number of carbonyl (C=O) groups is 2. The molecule has 1 rings (SSSR count). The maximum atomic E-state index is 13.3. The molecule has 2 amide bonds. The predicted molar refractivity (Wildman–Crippen MR) is 131 cm³/mol. The molecule has 180 valence electrons. The van der Waals surface area contributed by atoms with Crippen molar-refractivity contribution in [3.63, 3.8) is 0 Å². The molecule has 0 N–H and O–H groups in total. The Morgan fingerprint density at radius 3 is 2.25 bits per heavy atom. The van der Waals surface area contributed by atoms with Gasteiger partial charge >= 0.3 is 6.09 Å². The van der Waals surface area contributed by atoms with Crippen LogP contribution >= 0.6 is 0 Å². The summed E-state index contributed by atoms with van der Waals surface area (Å²) in [5, 5.41) is 0. The Labute approximate surface area is 196 Å². The van der Waals surface area contributed by atoms with E-state index in [0.717, 1.165) is 33.9 Å². The third-order valence-electron chi connectivity index (χ3n) is 4.86. The normalized spacial score (nSPS) is 14.4. The zero-order valence-corrected chi connectivity index (χ0v) is 21.7. The van der Waals surface area contributed by atoms with Gasteiger partial charge in [-0.1, -0.05) is 43.2 Å². The van der Waals surface area contributed by atoms with E-state index in [-0.39, 0.29) is 12.6 Å². The van der Waals surface area contributed by atoms with Crippen LogP contribution in [0.2, 0.25) is 0 Å². The van der Waals surface area contributed by atoms with Crippen molar-refractivity contribution in [2.75, 3.05) is 13.1 Å². The molecule has 1 aromatic carbocycles. The van der Waals surface area contributed by atoms with E-state index in [1.54, 1.807) is 20.8 Å². The van der Waals surface area contributed by atoms with Crippen LogP contribution in [0.5, 0.6) is 0 Å². The summed E-state index contributed by atoms with van der Waals surface area (Å²) in [6, 6.07) is 7.83. The lowest BCUT2D eigenvalue weighted by atomic mass is 10.1. The smallest absolute Gasteiger partial charge is 0.417 e. The van der Waals surface area contributed by atoms with Crippen LogP contribution in [0.4, 0.5) is 4.79 Å². The predicted octanol–water partition coefficient (Wildman–Crippen LogP) is 5.48. The average molecular weight is 465 g/mol. The van der Waals surface area contributed by atoms with Gasteiger partial charge < -0.3 is 4.74 Å². The molecule has 1 unspecified atom stereocenters. The number of hydrogen-bond donors (Lipinski definition) is 0. The van der Waals surface area contributed by atoms with Gasteiger partial charge in [-0.25, -0.2) is 18.2 Å². The number of rotatable bonds is 11. The molecule has 0 aliphatic carbocycles. The summed E-state index contributed by atoms with van der Waals surface area (Å²) in [7, 11) is -1.26. The quantitative estimate of drug-likeness (QED) is 0.321. The number of imide groups is 1. The van der Waals surface area contributed by atoms with E-state index in [9.17, 15) is 13.8 Å². The van der Waals surface area contributed by atoms with Crippen molar-refractivity contribution >= 4 is 23.5 Å². The number of benzene rings is 1. The highest BCUT2D eigenvalue weighted by Crippen LogP contribution is 2.20. The van der Waals surface area contributed by atoms with Crippen molar-refractivity contribution in [1.29, 1.82) is 0 Å². The zero-order valence-electron chi connectivity index (χ0n) is 20.9. The first-order chi connectivity index (χ1) is 14.8. The lowest BCUT2D eigenvalue weighted by molar-refractivity contribution is -0.117. The van der Waals surface area contributed by atoms with Gasteiger partial charge in [0.1, 0.15) is 16.6 Å². The summed E-state index contributed by atoms with van der Waals surface area (Å²) in [5.41, 5.74) is 1.49. The first-order valence-corrected chi connectivity index (χ1v) is 12.3. The Morgan fingerprint density at radius 2 is 1.75 bits per heavy atom. The summed E-state index contributed by atoms with van der Waals surface area (Å²) in [6.45, 7) is 16.5. The molecule has 0 aliphatic rings. The monoisotopic (exact) mass is 464 g/mol. The molecule has 0 aliphatic heterocycles. The Kier molecular flexibility index (Phi) is 11.3. The molecular weight excluding hydrogens is 424 g/mol. The molecule has 0 saturated heterocycles. The minimum Gasteiger partial charge on any atom is -0.443 e. The Bertz CT molecular complexity index is 797. The van der Waals surface area contributed by atoms with Crippen molar-refractivity contribution in [3.05, 3.63) is 41.5 Å². The average Bonchev–Trinajstić information content (AvgIpc) is 2.67. The topological polar surface area (TPSA) is 66.9 Å². The van der Waals surface area contributed by atoms with Crippen LogP contribution in [0.25, 0.3) is 0 Å². The van der Waals surface area contributed by atoms with Gasteiger partial charge in [-0.2, -0.15) is 0 Å². The second-order valence-corrected chi connectivity index (χ2v) is 11.2. The summed E-state index contributed by atoms with van der Waals surface area (Å²) in [4.78, 5) is 25.3. The second-order valence-electron chi connectivity index (χ2n) is 9.73. The van der Waals surface area contributed by atoms with Gasteiger partial charge in [-0.05, 0) is 72.4 Å². The molecule has 0 fully saturated rings. The van der Waals surface area contributed by atoms with Gasteiger partial charge in [-0.3, -0.25) is 4.79 Å². The summed E-state index contributed by atoms with van der Waals surface area (Å²) < 4.78 is 20.6. The standard InChI is InChI=1S/C25H40N2O4S/c1-19(2)13-16-27(32(30)23-11-9-20(3)10-12-23)22(5)17-21(4)14-15-26(18-28)24(29)31-25(6,7)8/h9-12,14,18-19,22H,13,15-17H2,1-8H3/b21-14-/t22-,32?/m1/s1. The van der Waals surface area contributed by atoms with E-state index in [1.165, 1.54) is 0 Å². The highest BCUT2D eigenvalue weighted by molar-refractivity contribution is 7.82. The molecule has 6 nitrogen and oxygen atoms in total. The van der Waals surface area contributed by atoms with Crippen molar-refractivity contribution < 1.29 is 18.5 Å². The summed E-state index contributed by atoms with van der Waals surface area (Å²) >= 11 is 0. The van der Waals surface area contributed by atoms with Gasteiger partial charge in [0.05, 0.1) is 11.4 Å². The van der Waals surface area contributed by atoms with E-state index >= 15 is 0 Å². The van der Waals surface area contributed by atoms with Crippen molar-refractivity contribution in [2.24, 2.45) is 5.92 Å². The van der Waals surface area contributed by atoms with Crippen molar-refractivity contribution in [2.45, 2.75) is 84.8 Å². The minimum atomic E-state index is -1.26. The SMILES string of the molecule is C/C(=C/CN(C=O)C(=O)OC(C)(C)C)C[C@@H](C)N(CCC(C)C)S(=O)c1ccc(C)cc1.